The standard InChI is InChI=1S/C16H31N3O2/c1-18-8-10-19(11-9-18)16(21)13-17-15(7-12-20)14-5-3-2-4-6-14/h14-15,17,20H,2-13H2,1H3. The van der Waals surface area contributed by atoms with Crippen molar-refractivity contribution in [2.45, 2.75) is 44.6 Å². The zero-order valence-electron chi connectivity index (χ0n) is 13.4. The van der Waals surface area contributed by atoms with Crippen molar-refractivity contribution in [3.63, 3.8) is 0 Å². The van der Waals surface area contributed by atoms with Crippen molar-refractivity contribution in [1.82, 2.24) is 15.1 Å². The van der Waals surface area contributed by atoms with Gasteiger partial charge in [0.25, 0.3) is 0 Å². The van der Waals surface area contributed by atoms with Crippen molar-refractivity contribution < 1.29 is 9.90 Å². The number of carbonyl (C=O) groups excluding carboxylic acids is 1. The molecule has 1 saturated heterocycles. The predicted molar refractivity (Wildman–Crippen MR) is 84.1 cm³/mol. The molecule has 0 aromatic rings. The molecule has 5 nitrogen and oxygen atoms in total. The first-order valence-corrected chi connectivity index (χ1v) is 8.51. The number of amides is 1. The van der Waals surface area contributed by atoms with E-state index in [0.717, 1.165) is 32.6 Å². The first kappa shape index (κ1) is 16.7. The molecule has 0 spiro atoms. The van der Waals surface area contributed by atoms with E-state index in [1.807, 2.05) is 4.90 Å². The molecule has 1 heterocycles. The average molecular weight is 297 g/mol. The molecule has 2 N–H and O–H groups in total. The Hall–Kier alpha value is -0.650. The maximum absolute atomic E-state index is 12.3. The van der Waals surface area contributed by atoms with Gasteiger partial charge in [-0.05, 0) is 32.2 Å². The van der Waals surface area contributed by atoms with Gasteiger partial charge in [-0.25, -0.2) is 0 Å². The molecule has 5 heteroatoms. The zero-order chi connectivity index (χ0) is 15.1. The van der Waals surface area contributed by atoms with Crippen molar-refractivity contribution >= 4 is 5.91 Å². The van der Waals surface area contributed by atoms with Crippen LogP contribution in [0.1, 0.15) is 38.5 Å². The van der Waals surface area contributed by atoms with Crippen LogP contribution in [0.4, 0.5) is 0 Å². The number of rotatable bonds is 6. The van der Waals surface area contributed by atoms with Crippen molar-refractivity contribution in [3.8, 4) is 0 Å². The zero-order valence-corrected chi connectivity index (χ0v) is 13.4. The van der Waals surface area contributed by atoms with Gasteiger partial charge in [0.1, 0.15) is 0 Å². The highest BCUT2D eigenvalue weighted by molar-refractivity contribution is 5.78. The van der Waals surface area contributed by atoms with Crippen LogP contribution in [0.25, 0.3) is 0 Å². The summed E-state index contributed by atoms with van der Waals surface area (Å²) >= 11 is 0. The van der Waals surface area contributed by atoms with E-state index in [4.69, 9.17) is 0 Å². The largest absolute Gasteiger partial charge is 0.396 e. The van der Waals surface area contributed by atoms with E-state index in [1.54, 1.807) is 0 Å². The predicted octanol–water partition coefficient (Wildman–Crippen LogP) is 0.681. The number of aliphatic hydroxyl groups excluding tert-OH is 1. The Morgan fingerprint density at radius 3 is 2.48 bits per heavy atom. The quantitative estimate of drug-likeness (QED) is 0.757. The van der Waals surface area contributed by atoms with Gasteiger partial charge in [-0.15, -0.1) is 0 Å². The van der Waals surface area contributed by atoms with Crippen LogP contribution in [0.2, 0.25) is 0 Å². The Labute approximate surface area is 128 Å². The fraction of sp³-hybridized carbons (Fsp3) is 0.938. The summed E-state index contributed by atoms with van der Waals surface area (Å²) in [4.78, 5) is 16.5. The number of likely N-dealkylation sites (N-methyl/N-ethyl adjacent to an activating group) is 1. The number of piperazine rings is 1. The molecule has 1 saturated carbocycles. The maximum Gasteiger partial charge on any atom is 0.236 e. The Morgan fingerprint density at radius 2 is 1.86 bits per heavy atom. The summed E-state index contributed by atoms with van der Waals surface area (Å²) in [7, 11) is 2.10. The summed E-state index contributed by atoms with van der Waals surface area (Å²) in [5.41, 5.74) is 0. The second-order valence-electron chi connectivity index (χ2n) is 6.58. The molecule has 0 aromatic carbocycles. The fourth-order valence-corrected chi connectivity index (χ4v) is 3.57. The molecule has 2 rings (SSSR count). The lowest BCUT2D eigenvalue weighted by atomic mass is 9.83. The van der Waals surface area contributed by atoms with Gasteiger partial charge in [-0.1, -0.05) is 19.3 Å². The molecule has 2 fully saturated rings. The SMILES string of the molecule is CN1CCN(C(=O)CNC(CCO)C2CCCCC2)CC1. The summed E-state index contributed by atoms with van der Waals surface area (Å²) in [5, 5.41) is 12.7. The van der Waals surface area contributed by atoms with Gasteiger partial charge in [-0.3, -0.25) is 4.79 Å². The average Bonchev–Trinajstić information content (AvgIpc) is 2.52. The van der Waals surface area contributed by atoms with Gasteiger partial charge in [0.05, 0.1) is 6.54 Å². The van der Waals surface area contributed by atoms with Gasteiger partial charge in [0, 0.05) is 38.8 Å². The minimum atomic E-state index is 0.205. The van der Waals surface area contributed by atoms with Crippen LogP contribution < -0.4 is 5.32 Å². The molecular weight excluding hydrogens is 266 g/mol. The summed E-state index contributed by atoms with van der Waals surface area (Å²) in [6.45, 7) is 4.24. The smallest absolute Gasteiger partial charge is 0.236 e. The number of nitrogens with zero attached hydrogens (tertiary/aromatic N) is 2. The molecule has 2 aliphatic rings. The highest BCUT2D eigenvalue weighted by Crippen LogP contribution is 2.27. The topological polar surface area (TPSA) is 55.8 Å². The summed E-state index contributed by atoms with van der Waals surface area (Å²) in [5.74, 6) is 0.841. The number of hydrogen-bond acceptors (Lipinski definition) is 4. The first-order chi connectivity index (χ1) is 10.2. The molecular formula is C16H31N3O2. The van der Waals surface area contributed by atoms with Gasteiger partial charge in [0.2, 0.25) is 5.91 Å². The fourth-order valence-electron chi connectivity index (χ4n) is 3.57. The third kappa shape index (κ3) is 5.24. The monoisotopic (exact) mass is 297 g/mol. The van der Waals surface area contributed by atoms with Crippen molar-refractivity contribution in [2.24, 2.45) is 5.92 Å². The molecule has 1 atom stereocenters. The Balaban J connectivity index is 1.76. The Kier molecular flexibility index (Phi) is 6.93. The molecule has 21 heavy (non-hydrogen) atoms. The Morgan fingerprint density at radius 1 is 1.19 bits per heavy atom. The second kappa shape index (κ2) is 8.71. The number of carbonyl (C=O) groups is 1. The van der Waals surface area contributed by atoms with Gasteiger partial charge >= 0.3 is 0 Å². The molecule has 0 radical (unpaired) electrons. The molecule has 1 unspecified atom stereocenters. The molecule has 122 valence electrons. The minimum Gasteiger partial charge on any atom is -0.396 e. The molecule has 1 amide bonds. The summed E-state index contributed by atoms with van der Waals surface area (Å²) in [6, 6.07) is 0.298. The van der Waals surface area contributed by atoms with Crippen LogP contribution in [0.15, 0.2) is 0 Å². The van der Waals surface area contributed by atoms with Gasteiger partial charge < -0.3 is 20.2 Å². The van der Waals surface area contributed by atoms with Crippen molar-refractivity contribution in [3.05, 3.63) is 0 Å². The Bertz CT molecular complexity index is 311. The first-order valence-electron chi connectivity index (χ1n) is 8.51. The normalized spacial score (nSPS) is 23.2. The number of hydrogen-bond donors (Lipinski definition) is 2. The molecule has 0 aromatic heterocycles. The maximum atomic E-state index is 12.3. The lowest BCUT2D eigenvalue weighted by molar-refractivity contribution is -0.132. The lowest BCUT2D eigenvalue weighted by Crippen LogP contribution is -2.51. The van der Waals surface area contributed by atoms with E-state index >= 15 is 0 Å². The second-order valence-corrected chi connectivity index (χ2v) is 6.58. The number of aliphatic hydroxyl groups is 1. The van der Waals surface area contributed by atoms with Crippen molar-refractivity contribution in [1.29, 1.82) is 0 Å². The summed E-state index contributed by atoms with van der Waals surface area (Å²) < 4.78 is 0. The van der Waals surface area contributed by atoms with Crippen LogP contribution in [0, 0.1) is 5.92 Å². The highest BCUT2D eigenvalue weighted by Gasteiger charge is 2.25. The van der Waals surface area contributed by atoms with Crippen molar-refractivity contribution in [2.75, 3.05) is 46.4 Å². The van der Waals surface area contributed by atoms with E-state index < -0.39 is 0 Å². The molecule has 1 aliphatic carbocycles. The third-order valence-electron chi connectivity index (χ3n) is 5.03. The van der Waals surface area contributed by atoms with Crippen LogP contribution in [0.3, 0.4) is 0 Å². The molecule has 0 bridgehead atoms. The number of nitrogens with one attached hydrogen (secondary N) is 1. The van der Waals surface area contributed by atoms with Crippen LogP contribution >= 0.6 is 0 Å². The van der Waals surface area contributed by atoms with Crippen LogP contribution in [-0.4, -0.2) is 73.2 Å². The van der Waals surface area contributed by atoms with Gasteiger partial charge in [0.15, 0.2) is 0 Å². The van der Waals surface area contributed by atoms with E-state index in [1.165, 1.54) is 32.1 Å². The van der Waals surface area contributed by atoms with Crippen LogP contribution in [-0.2, 0) is 4.79 Å². The van der Waals surface area contributed by atoms with E-state index in [9.17, 15) is 9.90 Å². The van der Waals surface area contributed by atoms with E-state index in [-0.39, 0.29) is 12.5 Å². The summed E-state index contributed by atoms with van der Waals surface area (Å²) in [6.07, 6.45) is 7.16. The third-order valence-corrected chi connectivity index (χ3v) is 5.03. The van der Waals surface area contributed by atoms with Crippen LogP contribution in [0.5, 0.6) is 0 Å². The highest BCUT2D eigenvalue weighted by atomic mass is 16.3. The molecule has 1 aliphatic heterocycles. The lowest BCUT2D eigenvalue weighted by Gasteiger charge is -2.34. The van der Waals surface area contributed by atoms with Gasteiger partial charge in [-0.2, -0.15) is 0 Å². The van der Waals surface area contributed by atoms with E-state index in [2.05, 4.69) is 17.3 Å². The van der Waals surface area contributed by atoms with E-state index in [0.29, 0.717) is 18.5 Å². The minimum absolute atomic E-state index is 0.205.